The third-order valence-electron chi connectivity index (χ3n) is 4.34. The molecule has 3 rings (SSSR count). The van der Waals surface area contributed by atoms with Crippen molar-refractivity contribution in [3.63, 3.8) is 0 Å². The lowest BCUT2D eigenvalue weighted by atomic mass is 10.1. The molecule has 2 aromatic heterocycles. The van der Waals surface area contributed by atoms with Gasteiger partial charge in [-0.05, 0) is 36.8 Å². The van der Waals surface area contributed by atoms with Gasteiger partial charge in [-0.2, -0.15) is 5.26 Å². The number of nitrogens with zero attached hydrogens (tertiary/aromatic N) is 3. The molecule has 0 amide bonds. The van der Waals surface area contributed by atoms with Gasteiger partial charge in [-0.1, -0.05) is 6.07 Å². The Morgan fingerprint density at radius 1 is 1.19 bits per heavy atom. The minimum absolute atomic E-state index is 0.0307. The van der Waals surface area contributed by atoms with E-state index in [1.54, 1.807) is 42.0 Å². The third kappa shape index (κ3) is 3.10. The maximum absolute atomic E-state index is 12.3. The lowest BCUT2D eigenvalue weighted by Crippen LogP contribution is -2.32. The van der Waals surface area contributed by atoms with Crippen LogP contribution in [0, 0.1) is 18.3 Å². The number of benzene rings is 1. The Morgan fingerprint density at radius 2 is 1.88 bits per heavy atom. The molecular formula is C19H17N3O4. The molecule has 1 aromatic carbocycles. The number of hydrogen-bond acceptors (Lipinski definition) is 4. The van der Waals surface area contributed by atoms with Gasteiger partial charge in [0.15, 0.2) is 0 Å². The fraction of sp³-hybridized carbons (Fsp3) is 0.211. The summed E-state index contributed by atoms with van der Waals surface area (Å²) in [5.74, 6) is -1.28. The van der Waals surface area contributed by atoms with Crippen molar-refractivity contribution >= 4 is 16.9 Å². The Hall–Kier alpha value is -3.37. The van der Waals surface area contributed by atoms with Gasteiger partial charge >= 0.3 is 5.97 Å². The molecule has 7 nitrogen and oxygen atoms in total. The van der Waals surface area contributed by atoms with E-state index in [2.05, 4.69) is 6.07 Å². The van der Waals surface area contributed by atoms with E-state index in [0.29, 0.717) is 11.1 Å². The fourth-order valence-corrected chi connectivity index (χ4v) is 3.06. The monoisotopic (exact) mass is 351 g/mol. The SMILES string of the molecule is Cc1ccn(C[C@@H](O)Cn2ccc3c(C#N)cccc32)c(=O)c1C(=O)O. The molecule has 0 aliphatic carbocycles. The number of rotatable bonds is 5. The van der Waals surface area contributed by atoms with Crippen LogP contribution in [0.5, 0.6) is 0 Å². The number of carbonyl (C=O) groups is 1. The molecule has 0 spiro atoms. The molecule has 3 aromatic rings. The van der Waals surface area contributed by atoms with Gasteiger partial charge in [-0.3, -0.25) is 4.79 Å². The average Bonchev–Trinajstić information content (AvgIpc) is 3.00. The molecule has 0 saturated heterocycles. The molecule has 132 valence electrons. The molecule has 2 heterocycles. The molecule has 0 unspecified atom stereocenters. The van der Waals surface area contributed by atoms with Crippen LogP contribution >= 0.6 is 0 Å². The molecule has 2 N–H and O–H groups in total. The molecule has 7 heteroatoms. The second-order valence-electron chi connectivity index (χ2n) is 6.11. The van der Waals surface area contributed by atoms with Gasteiger partial charge < -0.3 is 19.3 Å². The first kappa shape index (κ1) is 17.5. The quantitative estimate of drug-likeness (QED) is 0.728. The number of nitriles is 1. The molecule has 26 heavy (non-hydrogen) atoms. The Balaban J connectivity index is 1.86. The first-order valence-electron chi connectivity index (χ1n) is 8.01. The van der Waals surface area contributed by atoms with E-state index in [9.17, 15) is 19.8 Å². The van der Waals surface area contributed by atoms with Gasteiger partial charge in [-0.15, -0.1) is 0 Å². The van der Waals surface area contributed by atoms with Crippen molar-refractivity contribution in [2.75, 3.05) is 0 Å². The normalized spacial score (nSPS) is 12.0. The largest absolute Gasteiger partial charge is 0.477 e. The summed E-state index contributed by atoms with van der Waals surface area (Å²) in [4.78, 5) is 23.5. The number of carboxylic acids is 1. The van der Waals surface area contributed by atoms with Crippen molar-refractivity contribution in [1.82, 2.24) is 9.13 Å². The van der Waals surface area contributed by atoms with Crippen LogP contribution in [0.15, 0.2) is 47.5 Å². The number of pyridine rings is 1. The Bertz CT molecular complexity index is 1090. The zero-order valence-corrected chi connectivity index (χ0v) is 14.1. The van der Waals surface area contributed by atoms with Crippen LogP contribution in [-0.4, -0.2) is 31.4 Å². The fourth-order valence-electron chi connectivity index (χ4n) is 3.06. The highest BCUT2D eigenvalue weighted by Gasteiger charge is 2.16. The van der Waals surface area contributed by atoms with Crippen LogP contribution in [0.1, 0.15) is 21.5 Å². The zero-order chi connectivity index (χ0) is 18.8. The summed E-state index contributed by atoms with van der Waals surface area (Å²) in [6, 6.07) is 10.8. The predicted octanol–water partition coefficient (Wildman–Crippen LogP) is 1.74. The Kier molecular flexibility index (Phi) is 4.61. The second-order valence-corrected chi connectivity index (χ2v) is 6.11. The Labute approximate surface area is 149 Å². The lowest BCUT2D eigenvalue weighted by Gasteiger charge is -2.15. The van der Waals surface area contributed by atoms with Gasteiger partial charge in [0.05, 0.1) is 30.8 Å². The number of aryl methyl sites for hydroxylation is 1. The van der Waals surface area contributed by atoms with Crippen molar-refractivity contribution in [2.45, 2.75) is 26.1 Å². The van der Waals surface area contributed by atoms with Crippen LogP contribution in [-0.2, 0) is 13.1 Å². The molecule has 0 fully saturated rings. The van der Waals surface area contributed by atoms with Gasteiger partial charge in [0.1, 0.15) is 5.56 Å². The van der Waals surface area contributed by atoms with Crippen LogP contribution < -0.4 is 5.56 Å². The van der Waals surface area contributed by atoms with Crippen molar-refractivity contribution in [1.29, 1.82) is 5.26 Å². The summed E-state index contributed by atoms with van der Waals surface area (Å²) in [6.07, 6.45) is 2.35. The Morgan fingerprint density at radius 3 is 2.58 bits per heavy atom. The molecule has 0 saturated carbocycles. The highest BCUT2D eigenvalue weighted by molar-refractivity contribution is 5.88. The first-order valence-corrected chi connectivity index (χ1v) is 8.01. The highest BCUT2D eigenvalue weighted by atomic mass is 16.4. The minimum atomic E-state index is -1.28. The van der Waals surface area contributed by atoms with Gasteiger partial charge in [0.2, 0.25) is 0 Å². The van der Waals surface area contributed by atoms with E-state index in [0.717, 1.165) is 10.9 Å². The van der Waals surface area contributed by atoms with E-state index in [4.69, 9.17) is 5.26 Å². The summed E-state index contributed by atoms with van der Waals surface area (Å²) >= 11 is 0. The minimum Gasteiger partial charge on any atom is -0.477 e. The maximum Gasteiger partial charge on any atom is 0.341 e. The van der Waals surface area contributed by atoms with E-state index >= 15 is 0 Å². The van der Waals surface area contributed by atoms with E-state index in [1.165, 1.54) is 10.8 Å². The third-order valence-corrected chi connectivity index (χ3v) is 4.34. The summed E-state index contributed by atoms with van der Waals surface area (Å²) < 4.78 is 3.01. The first-order chi connectivity index (χ1) is 12.4. The van der Waals surface area contributed by atoms with E-state index in [1.807, 2.05) is 6.07 Å². The standard InChI is InChI=1S/C19H17N3O4/c1-12-5-7-22(18(24)17(12)19(25)26)11-14(23)10-21-8-6-15-13(9-20)3-2-4-16(15)21/h2-8,14,23H,10-11H2,1H3,(H,25,26)/t14-/m0/s1. The van der Waals surface area contributed by atoms with Crippen molar-refractivity contribution in [3.05, 3.63) is 69.8 Å². The van der Waals surface area contributed by atoms with E-state index < -0.39 is 17.6 Å². The van der Waals surface area contributed by atoms with Crippen molar-refractivity contribution in [2.24, 2.45) is 0 Å². The molecule has 0 aliphatic heterocycles. The summed E-state index contributed by atoms with van der Waals surface area (Å²) in [5.41, 5.74) is 0.821. The highest BCUT2D eigenvalue weighted by Crippen LogP contribution is 2.20. The van der Waals surface area contributed by atoms with Crippen LogP contribution in [0.25, 0.3) is 10.9 Å². The van der Waals surface area contributed by atoms with Gasteiger partial charge in [0.25, 0.3) is 5.56 Å². The van der Waals surface area contributed by atoms with Crippen LogP contribution in [0.3, 0.4) is 0 Å². The summed E-state index contributed by atoms with van der Waals surface area (Å²) in [7, 11) is 0. The maximum atomic E-state index is 12.3. The topological polar surface area (TPSA) is 108 Å². The number of aromatic carboxylic acids is 1. The van der Waals surface area contributed by atoms with Crippen molar-refractivity contribution < 1.29 is 15.0 Å². The zero-order valence-electron chi connectivity index (χ0n) is 14.1. The lowest BCUT2D eigenvalue weighted by molar-refractivity contribution is 0.0692. The molecule has 1 atom stereocenters. The van der Waals surface area contributed by atoms with Gasteiger partial charge in [0, 0.05) is 23.3 Å². The number of aliphatic hydroxyl groups is 1. The predicted molar refractivity (Wildman–Crippen MR) is 95.1 cm³/mol. The van der Waals surface area contributed by atoms with Crippen molar-refractivity contribution in [3.8, 4) is 6.07 Å². The summed E-state index contributed by atoms with van der Waals surface area (Å²) in [5, 5.41) is 29.5. The van der Waals surface area contributed by atoms with Crippen LogP contribution in [0.4, 0.5) is 0 Å². The van der Waals surface area contributed by atoms with E-state index in [-0.39, 0.29) is 18.7 Å². The number of hydrogen-bond donors (Lipinski definition) is 2. The number of fused-ring (bicyclic) bond motifs is 1. The molecular weight excluding hydrogens is 334 g/mol. The number of aromatic nitrogens is 2. The smallest absolute Gasteiger partial charge is 0.341 e. The molecule has 0 radical (unpaired) electrons. The number of carboxylic acid groups (broad SMARTS) is 1. The molecule has 0 aliphatic rings. The number of aliphatic hydroxyl groups excluding tert-OH is 1. The second kappa shape index (κ2) is 6.86. The average molecular weight is 351 g/mol. The summed E-state index contributed by atoms with van der Waals surface area (Å²) in [6.45, 7) is 1.74. The van der Waals surface area contributed by atoms with Gasteiger partial charge in [-0.25, -0.2) is 4.79 Å². The van der Waals surface area contributed by atoms with Crippen LogP contribution in [0.2, 0.25) is 0 Å². The molecule has 0 bridgehead atoms.